The van der Waals surface area contributed by atoms with E-state index in [-0.39, 0.29) is 0 Å². The minimum atomic E-state index is -0.850. The van der Waals surface area contributed by atoms with Crippen LogP contribution in [-0.4, -0.2) is 47.5 Å². The third-order valence-electron chi connectivity index (χ3n) is 3.55. The molecule has 0 spiro atoms. The molecule has 0 saturated carbocycles. The van der Waals surface area contributed by atoms with Gasteiger partial charge in [-0.25, -0.2) is 0 Å². The van der Waals surface area contributed by atoms with E-state index in [1.165, 1.54) is 0 Å². The summed E-state index contributed by atoms with van der Waals surface area (Å²) < 4.78 is 7.31. The average Bonchev–Trinajstić information content (AvgIpc) is 2.80. The van der Waals surface area contributed by atoms with Crippen molar-refractivity contribution < 1.29 is 9.84 Å². The van der Waals surface area contributed by atoms with Crippen LogP contribution in [0.25, 0.3) is 0 Å². The molecule has 0 atom stereocenters. The Morgan fingerprint density at radius 2 is 1.90 bits per heavy atom. The van der Waals surface area contributed by atoms with E-state index in [0.29, 0.717) is 5.75 Å². The maximum absolute atomic E-state index is 11.1. The zero-order valence-electron chi connectivity index (χ0n) is 13.5. The number of hydrogen-bond donors (Lipinski definition) is 1. The molecule has 0 radical (unpaired) electrons. The molecule has 1 rings (SSSR count). The standard InChI is InChI=1S/C15H29N3O2/c1-6-8-15(19,9-7-2)14-13(20-5)12-16-18(14)11-10-17(3)4/h12,19H,6-11H2,1-5H3. The first-order valence-electron chi connectivity index (χ1n) is 7.45. The molecule has 0 aliphatic heterocycles. The molecule has 0 fully saturated rings. The maximum Gasteiger partial charge on any atom is 0.162 e. The van der Waals surface area contributed by atoms with Gasteiger partial charge in [-0.05, 0) is 26.9 Å². The van der Waals surface area contributed by atoms with Crippen molar-refractivity contribution in [2.45, 2.75) is 51.7 Å². The molecule has 0 aromatic carbocycles. The highest BCUT2D eigenvalue weighted by Crippen LogP contribution is 2.37. The maximum atomic E-state index is 11.1. The van der Waals surface area contributed by atoms with Gasteiger partial charge in [-0.2, -0.15) is 5.10 Å². The van der Waals surface area contributed by atoms with Crippen molar-refractivity contribution in [1.82, 2.24) is 14.7 Å². The van der Waals surface area contributed by atoms with Gasteiger partial charge in [0.05, 0.1) is 19.9 Å². The van der Waals surface area contributed by atoms with E-state index in [1.807, 2.05) is 18.8 Å². The van der Waals surface area contributed by atoms with Crippen molar-refractivity contribution in [2.75, 3.05) is 27.7 Å². The monoisotopic (exact) mass is 283 g/mol. The Kier molecular flexibility index (Phi) is 6.49. The average molecular weight is 283 g/mol. The summed E-state index contributed by atoms with van der Waals surface area (Å²) in [5.41, 5.74) is -0.0250. The summed E-state index contributed by atoms with van der Waals surface area (Å²) in [7, 11) is 5.70. The van der Waals surface area contributed by atoms with Gasteiger partial charge in [0.25, 0.3) is 0 Å². The highest BCUT2D eigenvalue weighted by atomic mass is 16.5. The van der Waals surface area contributed by atoms with Gasteiger partial charge < -0.3 is 14.7 Å². The Morgan fingerprint density at radius 3 is 2.35 bits per heavy atom. The highest BCUT2D eigenvalue weighted by Gasteiger charge is 2.34. The normalized spacial score (nSPS) is 12.2. The first kappa shape index (κ1) is 17.0. The molecule has 0 saturated heterocycles. The smallest absolute Gasteiger partial charge is 0.162 e. The minimum Gasteiger partial charge on any atom is -0.493 e. The summed E-state index contributed by atoms with van der Waals surface area (Å²) in [6.07, 6.45) is 5.02. The third-order valence-corrected chi connectivity index (χ3v) is 3.55. The summed E-state index contributed by atoms with van der Waals surface area (Å²) in [5, 5.41) is 15.5. The van der Waals surface area contributed by atoms with Gasteiger partial charge in [0.15, 0.2) is 5.75 Å². The summed E-state index contributed by atoms with van der Waals surface area (Å²) in [6.45, 7) is 5.81. The van der Waals surface area contributed by atoms with Crippen LogP contribution in [0.1, 0.15) is 45.2 Å². The molecule has 20 heavy (non-hydrogen) atoms. The number of likely N-dealkylation sites (N-methyl/N-ethyl adjacent to an activating group) is 1. The molecule has 1 heterocycles. The van der Waals surface area contributed by atoms with Crippen LogP contribution in [-0.2, 0) is 12.1 Å². The van der Waals surface area contributed by atoms with E-state index in [2.05, 4.69) is 23.8 Å². The number of ether oxygens (including phenoxy) is 1. The van der Waals surface area contributed by atoms with Gasteiger partial charge in [0.1, 0.15) is 11.3 Å². The van der Waals surface area contributed by atoms with Gasteiger partial charge in [-0.15, -0.1) is 0 Å². The van der Waals surface area contributed by atoms with E-state index in [1.54, 1.807) is 13.3 Å². The lowest BCUT2D eigenvalue weighted by Gasteiger charge is -2.29. The highest BCUT2D eigenvalue weighted by molar-refractivity contribution is 5.31. The molecule has 0 amide bonds. The van der Waals surface area contributed by atoms with Gasteiger partial charge in [-0.1, -0.05) is 26.7 Å². The summed E-state index contributed by atoms with van der Waals surface area (Å²) >= 11 is 0. The molecular formula is C15H29N3O2. The fraction of sp³-hybridized carbons (Fsp3) is 0.800. The lowest BCUT2D eigenvalue weighted by Crippen LogP contribution is -2.31. The molecule has 0 unspecified atom stereocenters. The van der Waals surface area contributed by atoms with Gasteiger partial charge >= 0.3 is 0 Å². The van der Waals surface area contributed by atoms with Crippen LogP contribution in [0.5, 0.6) is 5.75 Å². The Labute approximate surface area is 122 Å². The third kappa shape index (κ3) is 3.96. The SMILES string of the molecule is CCCC(O)(CCC)c1c(OC)cnn1CCN(C)C. The van der Waals surface area contributed by atoms with E-state index >= 15 is 0 Å². The summed E-state index contributed by atoms with van der Waals surface area (Å²) in [4.78, 5) is 2.11. The number of aliphatic hydroxyl groups is 1. The summed E-state index contributed by atoms with van der Waals surface area (Å²) in [6, 6.07) is 0. The fourth-order valence-corrected chi connectivity index (χ4v) is 2.64. The van der Waals surface area contributed by atoms with Crippen LogP contribution in [0.15, 0.2) is 6.20 Å². The van der Waals surface area contributed by atoms with Crippen LogP contribution in [0.2, 0.25) is 0 Å². The van der Waals surface area contributed by atoms with Crippen LogP contribution < -0.4 is 4.74 Å². The molecule has 0 bridgehead atoms. The number of methoxy groups -OCH3 is 1. The molecule has 5 heteroatoms. The lowest BCUT2D eigenvalue weighted by molar-refractivity contribution is 0.00577. The van der Waals surface area contributed by atoms with Crippen LogP contribution in [0.3, 0.4) is 0 Å². The molecule has 116 valence electrons. The largest absolute Gasteiger partial charge is 0.493 e. The Bertz CT molecular complexity index is 396. The van der Waals surface area contributed by atoms with Crippen molar-refractivity contribution in [3.8, 4) is 5.75 Å². The Hall–Kier alpha value is -1.07. The first-order chi connectivity index (χ1) is 9.48. The van der Waals surface area contributed by atoms with Crippen molar-refractivity contribution in [2.24, 2.45) is 0 Å². The molecular weight excluding hydrogens is 254 g/mol. The quantitative estimate of drug-likeness (QED) is 0.755. The van der Waals surface area contributed by atoms with E-state index in [4.69, 9.17) is 4.74 Å². The molecule has 1 aromatic heterocycles. The Morgan fingerprint density at radius 1 is 1.30 bits per heavy atom. The predicted octanol–water partition coefficient (Wildman–Crippen LogP) is 2.24. The zero-order valence-corrected chi connectivity index (χ0v) is 13.5. The lowest BCUT2D eigenvalue weighted by atomic mass is 9.88. The number of aromatic nitrogens is 2. The number of hydrogen-bond acceptors (Lipinski definition) is 4. The van der Waals surface area contributed by atoms with Crippen LogP contribution >= 0.6 is 0 Å². The van der Waals surface area contributed by atoms with Crippen molar-refractivity contribution in [3.63, 3.8) is 0 Å². The molecule has 1 aromatic rings. The van der Waals surface area contributed by atoms with Gasteiger partial charge in [0, 0.05) is 6.54 Å². The zero-order chi connectivity index (χ0) is 15.2. The molecule has 0 aliphatic carbocycles. The van der Waals surface area contributed by atoms with Crippen LogP contribution in [0.4, 0.5) is 0 Å². The topological polar surface area (TPSA) is 50.5 Å². The number of nitrogens with zero attached hydrogens (tertiary/aromatic N) is 3. The predicted molar refractivity (Wildman–Crippen MR) is 81.0 cm³/mol. The molecule has 0 aliphatic rings. The van der Waals surface area contributed by atoms with Crippen molar-refractivity contribution in [1.29, 1.82) is 0 Å². The molecule has 1 N–H and O–H groups in total. The summed E-state index contributed by atoms with van der Waals surface area (Å²) in [5.74, 6) is 0.688. The van der Waals surface area contributed by atoms with Crippen molar-refractivity contribution >= 4 is 0 Å². The van der Waals surface area contributed by atoms with E-state index in [0.717, 1.165) is 44.5 Å². The second-order valence-corrected chi connectivity index (χ2v) is 5.62. The minimum absolute atomic E-state index is 0.688. The van der Waals surface area contributed by atoms with E-state index in [9.17, 15) is 5.11 Å². The second kappa shape index (κ2) is 7.64. The van der Waals surface area contributed by atoms with Gasteiger partial charge in [-0.3, -0.25) is 4.68 Å². The van der Waals surface area contributed by atoms with Gasteiger partial charge in [0.2, 0.25) is 0 Å². The van der Waals surface area contributed by atoms with Crippen LogP contribution in [0, 0.1) is 0 Å². The Balaban J connectivity index is 3.12. The van der Waals surface area contributed by atoms with E-state index < -0.39 is 5.60 Å². The van der Waals surface area contributed by atoms with Crippen molar-refractivity contribution in [3.05, 3.63) is 11.9 Å². The number of rotatable bonds is 9. The molecule has 5 nitrogen and oxygen atoms in total. The fourth-order valence-electron chi connectivity index (χ4n) is 2.64. The first-order valence-corrected chi connectivity index (χ1v) is 7.45. The second-order valence-electron chi connectivity index (χ2n) is 5.62.